The van der Waals surface area contributed by atoms with E-state index in [0.717, 1.165) is 0 Å². The number of anilines is 1. The first kappa shape index (κ1) is 10.3. The number of esters is 1. The summed E-state index contributed by atoms with van der Waals surface area (Å²) in [6.45, 7) is 3.73. The monoisotopic (exact) mass is 221 g/mol. The molecule has 0 aliphatic rings. The van der Waals surface area contributed by atoms with Crippen LogP contribution in [0.25, 0.3) is 5.65 Å². The molecule has 0 saturated heterocycles. The van der Waals surface area contributed by atoms with Crippen LogP contribution in [0, 0.1) is 6.92 Å². The Labute approximate surface area is 91.3 Å². The number of hydrogen-bond acceptors (Lipinski definition) is 6. The lowest BCUT2D eigenvalue weighted by molar-refractivity contribution is 0.0527. The predicted octanol–water partition coefficient (Wildman–Crippen LogP) is 0.192. The smallest absolute Gasteiger partial charge is 0.343 e. The van der Waals surface area contributed by atoms with Gasteiger partial charge in [-0.3, -0.25) is 0 Å². The summed E-state index contributed by atoms with van der Waals surface area (Å²) in [6.07, 6.45) is 1.29. The second kappa shape index (κ2) is 3.76. The number of ether oxygens (including phenoxy) is 1. The minimum atomic E-state index is -0.451. The van der Waals surface area contributed by atoms with Crippen molar-refractivity contribution in [3.05, 3.63) is 17.6 Å². The summed E-state index contributed by atoms with van der Waals surface area (Å²) in [6, 6.07) is 0. The summed E-state index contributed by atoms with van der Waals surface area (Å²) in [7, 11) is 0. The maximum atomic E-state index is 11.7. The molecule has 0 atom stereocenters. The third kappa shape index (κ3) is 1.46. The topological polar surface area (TPSA) is 95.4 Å². The third-order valence-corrected chi connectivity index (χ3v) is 2.10. The molecule has 0 saturated carbocycles. The van der Waals surface area contributed by atoms with Crippen LogP contribution in [-0.2, 0) is 4.74 Å². The standard InChI is InChI=1S/C9H11N5O2/c1-3-16-8(15)6-5(2)13-14-7(6)11-4-12-9(14)10/h4H,3H2,1-2H3,(H2,10,11,12). The molecular formula is C9H11N5O2. The lowest BCUT2D eigenvalue weighted by Gasteiger charge is -2.00. The van der Waals surface area contributed by atoms with Gasteiger partial charge in [0.1, 0.15) is 11.9 Å². The average molecular weight is 221 g/mol. The molecule has 7 nitrogen and oxygen atoms in total. The van der Waals surface area contributed by atoms with Crippen molar-refractivity contribution in [1.29, 1.82) is 0 Å². The third-order valence-electron chi connectivity index (χ3n) is 2.10. The summed E-state index contributed by atoms with van der Waals surface area (Å²) >= 11 is 0. The summed E-state index contributed by atoms with van der Waals surface area (Å²) in [5, 5.41) is 4.08. The van der Waals surface area contributed by atoms with E-state index < -0.39 is 5.97 Å². The van der Waals surface area contributed by atoms with Gasteiger partial charge in [-0.15, -0.1) is 0 Å². The number of rotatable bonds is 2. The van der Waals surface area contributed by atoms with Crippen LogP contribution in [0.2, 0.25) is 0 Å². The largest absolute Gasteiger partial charge is 0.462 e. The Hall–Kier alpha value is -2.18. The molecule has 2 rings (SSSR count). The Morgan fingerprint density at radius 3 is 3.00 bits per heavy atom. The van der Waals surface area contributed by atoms with E-state index in [4.69, 9.17) is 10.5 Å². The van der Waals surface area contributed by atoms with Gasteiger partial charge in [0.15, 0.2) is 5.65 Å². The lowest BCUT2D eigenvalue weighted by atomic mass is 10.2. The van der Waals surface area contributed by atoms with Crippen LogP contribution < -0.4 is 5.73 Å². The molecule has 0 bridgehead atoms. The van der Waals surface area contributed by atoms with Crippen LogP contribution >= 0.6 is 0 Å². The second-order valence-corrected chi connectivity index (χ2v) is 3.15. The molecule has 7 heteroatoms. The zero-order chi connectivity index (χ0) is 11.7. The molecule has 2 N–H and O–H groups in total. The highest BCUT2D eigenvalue weighted by Gasteiger charge is 2.20. The van der Waals surface area contributed by atoms with E-state index in [0.29, 0.717) is 23.5 Å². The van der Waals surface area contributed by atoms with Gasteiger partial charge in [-0.2, -0.15) is 9.61 Å². The highest BCUT2D eigenvalue weighted by atomic mass is 16.5. The van der Waals surface area contributed by atoms with Crippen molar-refractivity contribution in [2.45, 2.75) is 13.8 Å². The fourth-order valence-electron chi connectivity index (χ4n) is 1.43. The van der Waals surface area contributed by atoms with Crippen LogP contribution in [0.15, 0.2) is 6.33 Å². The minimum absolute atomic E-state index is 0.184. The Kier molecular flexibility index (Phi) is 2.43. The number of nitrogens with zero attached hydrogens (tertiary/aromatic N) is 4. The molecule has 0 amide bonds. The molecule has 0 spiro atoms. The normalized spacial score (nSPS) is 10.6. The predicted molar refractivity (Wildman–Crippen MR) is 55.9 cm³/mol. The van der Waals surface area contributed by atoms with Gasteiger partial charge in [-0.25, -0.2) is 14.8 Å². The van der Waals surface area contributed by atoms with Crippen LogP contribution in [-0.4, -0.2) is 32.2 Å². The lowest BCUT2D eigenvalue weighted by Crippen LogP contribution is -2.07. The van der Waals surface area contributed by atoms with E-state index in [-0.39, 0.29) is 5.95 Å². The number of fused-ring (bicyclic) bond motifs is 1. The molecule has 0 radical (unpaired) electrons. The number of aromatic nitrogens is 4. The molecule has 16 heavy (non-hydrogen) atoms. The van der Waals surface area contributed by atoms with Crippen molar-refractivity contribution < 1.29 is 9.53 Å². The SMILES string of the molecule is CCOC(=O)c1c(C)nn2c(N)ncnc12. The number of nitrogen functional groups attached to an aromatic ring is 1. The number of carbonyl (C=O) groups excluding carboxylic acids is 1. The van der Waals surface area contributed by atoms with Gasteiger partial charge in [0.25, 0.3) is 0 Å². The Balaban J connectivity index is 2.65. The average Bonchev–Trinajstić information content (AvgIpc) is 2.56. The Morgan fingerprint density at radius 1 is 1.56 bits per heavy atom. The zero-order valence-corrected chi connectivity index (χ0v) is 8.97. The summed E-state index contributed by atoms with van der Waals surface area (Å²) in [4.78, 5) is 19.4. The molecule has 2 heterocycles. The van der Waals surface area contributed by atoms with E-state index >= 15 is 0 Å². The fourth-order valence-corrected chi connectivity index (χ4v) is 1.43. The Bertz CT molecular complexity index is 548. The van der Waals surface area contributed by atoms with E-state index in [9.17, 15) is 4.79 Å². The van der Waals surface area contributed by atoms with Gasteiger partial charge in [0.2, 0.25) is 5.95 Å². The highest BCUT2D eigenvalue weighted by Crippen LogP contribution is 2.15. The van der Waals surface area contributed by atoms with Crippen molar-refractivity contribution in [2.24, 2.45) is 0 Å². The van der Waals surface area contributed by atoms with Crippen molar-refractivity contribution in [1.82, 2.24) is 19.6 Å². The van der Waals surface area contributed by atoms with Crippen LogP contribution in [0.5, 0.6) is 0 Å². The highest BCUT2D eigenvalue weighted by molar-refractivity contribution is 5.97. The number of nitrogens with two attached hydrogens (primary N) is 1. The Morgan fingerprint density at radius 2 is 2.31 bits per heavy atom. The number of hydrogen-bond donors (Lipinski definition) is 1. The molecule has 0 aliphatic carbocycles. The first-order valence-electron chi connectivity index (χ1n) is 4.78. The summed E-state index contributed by atoms with van der Waals surface area (Å²) in [5.41, 5.74) is 6.82. The van der Waals surface area contributed by atoms with Gasteiger partial charge in [-0.1, -0.05) is 0 Å². The minimum Gasteiger partial charge on any atom is -0.462 e. The van der Waals surface area contributed by atoms with Gasteiger partial charge in [0, 0.05) is 0 Å². The van der Waals surface area contributed by atoms with Crippen molar-refractivity contribution >= 4 is 17.6 Å². The maximum Gasteiger partial charge on any atom is 0.343 e. The van der Waals surface area contributed by atoms with Gasteiger partial charge >= 0.3 is 5.97 Å². The van der Waals surface area contributed by atoms with Crippen molar-refractivity contribution in [2.75, 3.05) is 12.3 Å². The fraction of sp³-hybridized carbons (Fsp3) is 0.333. The molecule has 2 aromatic heterocycles. The molecule has 2 aromatic rings. The number of carbonyl (C=O) groups is 1. The van der Waals surface area contributed by atoms with Crippen LogP contribution in [0.1, 0.15) is 23.0 Å². The van der Waals surface area contributed by atoms with Crippen LogP contribution in [0.3, 0.4) is 0 Å². The number of aryl methyl sites for hydroxylation is 1. The first-order chi connectivity index (χ1) is 7.65. The van der Waals surface area contributed by atoms with E-state index in [1.807, 2.05) is 0 Å². The van der Waals surface area contributed by atoms with E-state index in [2.05, 4.69) is 15.1 Å². The van der Waals surface area contributed by atoms with Gasteiger partial charge in [-0.05, 0) is 13.8 Å². The van der Waals surface area contributed by atoms with Crippen molar-refractivity contribution in [3.8, 4) is 0 Å². The molecule has 0 fully saturated rings. The molecule has 84 valence electrons. The zero-order valence-electron chi connectivity index (χ0n) is 8.97. The summed E-state index contributed by atoms with van der Waals surface area (Å²) in [5.74, 6) is -0.267. The first-order valence-corrected chi connectivity index (χ1v) is 4.78. The van der Waals surface area contributed by atoms with Gasteiger partial charge in [0.05, 0.1) is 12.3 Å². The van der Waals surface area contributed by atoms with Crippen molar-refractivity contribution in [3.63, 3.8) is 0 Å². The van der Waals surface area contributed by atoms with E-state index in [1.54, 1.807) is 13.8 Å². The maximum absolute atomic E-state index is 11.7. The molecule has 0 aromatic carbocycles. The van der Waals surface area contributed by atoms with Crippen LogP contribution in [0.4, 0.5) is 5.95 Å². The molecule has 0 unspecified atom stereocenters. The molecule has 0 aliphatic heterocycles. The van der Waals surface area contributed by atoms with Gasteiger partial charge < -0.3 is 10.5 Å². The van der Waals surface area contributed by atoms with E-state index in [1.165, 1.54) is 10.8 Å². The second-order valence-electron chi connectivity index (χ2n) is 3.15. The summed E-state index contributed by atoms with van der Waals surface area (Å²) < 4.78 is 6.24. The molecular weight excluding hydrogens is 210 g/mol. The quantitative estimate of drug-likeness (QED) is 0.727.